The Morgan fingerprint density at radius 3 is 1.61 bits per heavy atom. The van der Waals surface area contributed by atoms with E-state index in [9.17, 15) is 0 Å². The van der Waals surface area contributed by atoms with E-state index in [-0.39, 0.29) is 33.8 Å². The Labute approximate surface area is 489 Å². The van der Waals surface area contributed by atoms with Gasteiger partial charge in [-0.25, -0.2) is 0 Å². The number of hydrogen-bond acceptors (Lipinski definition) is 3. The van der Waals surface area contributed by atoms with Crippen LogP contribution in [0.3, 0.4) is 0 Å². The molecule has 0 unspecified atom stereocenters. The summed E-state index contributed by atoms with van der Waals surface area (Å²) in [5.74, 6) is 0. The Hall–Kier alpha value is -7.76. The predicted octanol–water partition coefficient (Wildman–Crippen LogP) is 19.5. The number of para-hydroxylation sites is 2. The maximum absolute atomic E-state index is 2.66. The fourth-order valence-electron chi connectivity index (χ4n) is 14.2. The zero-order valence-electron chi connectivity index (χ0n) is 51.5. The van der Waals surface area contributed by atoms with E-state index in [4.69, 9.17) is 0 Å². The molecule has 0 saturated heterocycles. The molecule has 82 heavy (non-hydrogen) atoms. The van der Waals surface area contributed by atoms with Crippen molar-refractivity contribution < 1.29 is 0 Å². The molecule has 1 aromatic heterocycles. The van der Waals surface area contributed by atoms with Gasteiger partial charge in [0.2, 0.25) is 0 Å². The first-order chi connectivity index (χ1) is 38.8. The van der Waals surface area contributed by atoms with Crippen molar-refractivity contribution in [1.82, 2.24) is 4.57 Å². The van der Waals surface area contributed by atoms with Crippen LogP contribution >= 0.6 is 0 Å². The molecule has 2 aliphatic heterocycles. The van der Waals surface area contributed by atoms with E-state index in [0.717, 1.165) is 29.2 Å². The van der Waals surface area contributed by atoms with Gasteiger partial charge in [-0.05, 0) is 207 Å². The molecular weight excluding hydrogens is 992 g/mol. The van der Waals surface area contributed by atoms with Crippen molar-refractivity contribution in [1.29, 1.82) is 0 Å². The second kappa shape index (κ2) is 18.6. The first-order valence-electron chi connectivity index (χ1n) is 30.1. The quantitative estimate of drug-likeness (QED) is 0.154. The first-order valence-corrected chi connectivity index (χ1v) is 30.1. The summed E-state index contributed by atoms with van der Waals surface area (Å²) < 4.78 is 2.44. The summed E-state index contributed by atoms with van der Waals surface area (Å²) in [6, 6.07) is 68.4. The summed E-state index contributed by atoms with van der Waals surface area (Å²) in [4.78, 5) is 7.82. The minimum atomic E-state index is -0.0586. The smallest absolute Gasteiger partial charge is 0.252 e. The number of benzene rings is 9. The van der Waals surface area contributed by atoms with Gasteiger partial charge in [0.25, 0.3) is 6.71 Å². The molecule has 0 bridgehead atoms. The van der Waals surface area contributed by atoms with Crippen LogP contribution in [0.4, 0.5) is 51.2 Å². The van der Waals surface area contributed by atoms with Crippen LogP contribution in [0.15, 0.2) is 176 Å². The normalized spacial score (nSPS) is 15.3. The average molecular weight is 1070 g/mol. The maximum Gasteiger partial charge on any atom is 0.252 e. The van der Waals surface area contributed by atoms with E-state index in [1.54, 1.807) is 0 Å². The molecule has 0 amide bonds. The molecule has 0 spiro atoms. The fourth-order valence-corrected chi connectivity index (χ4v) is 14.2. The molecule has 3 heterocycles. The van der Waals surface area contributed by atoms with E-state index < -0.39 is 0 Å². The molecular formula is C77H81BN4. The lowest BCUT2D eigenvalue weighted by Gasteiger charge is -2.46. The van der Waals surface area contributed by atoms with Crippen LogP contribution in [0, 0.1) is 20.8 Å². The highest BCUT2D eigenvalue weighted by Crippen LogP contribution is 2.52. The van der Waals surface area contributed by atoms with E-state index >= 15 is 0 Å². The third-order valence-corrected chi connectivity index (χ3v) is 18.9. The molecule has 9 aromatic carbocycles. The lowest BCUT2D eigenvalue weighted by Crippen LogP contribution is -2.61. The van der Waals surface area contributed by atoms with E-state index in [1.165, 1.54) is 123 Å². The van der Waals surface area contributed by atoms with Gasteiger partial charge in [0, 0.05) is 62.0 Å². The molecule has 1 aliphatic carbocycles. The molecule has 0 N–H and O–H groups in total. The second-order valence-corrected chi connectivity index (χ2v) is 28.8. The Morgan fingerprint density at radius 1 is 0.415 bits per heavy atom. The zero-order chi connectivity index (χ0) is 57.7. The number of fused-ring (bicyclic) bond motifs is 8. The summed E-state index contributed by atoms with van der Waals surface area (Å²) >= 11 is 0. The third kappa shape index (κ3) is 8.62. The summed E-state index contributed by atoms with van der Waals surface area (Å²) in [6.45, 7) is 37.7. The van der Waals surface area contributed by atoms with Crippen LogP contribution in [0.25, 0.3) is 27.5 Å². The third-order valence-electron chi connectivity index (χ3n) is 18.9. The van der Waals surface area contributed by atoms with Crippen molar-refractivity contribution in [3.05, 3.63) is 220 Å². The number of rotatable bonds is 6. The van der Waals surface area contributed by atoms with E-state index in [1.807, 2.05) is 0 Å². The second-order valence-electron chi connectivity index (χ2n) is 28.8. The Kier molecular flexibility index (Phi) is 12.2. The monoisotopic (exact) mass is 1070 g/mol. The lowest BCUT2D eigenvalue weighted by molar-refractivity contribution is 0.332. The summed E-state index contributed by atoms with van der Waals surface area (Å²) in [5, 5.41) is 2.48. The van der Waals surface area contributed by atoms with Gasteiger partial charge in [0.15, 0.2) is 0 Å². The Morgan fingerprint density at radius 2 is 0.951 bits per heavy atom. The molecule has 10 aromatic rings. The largest absolute Gasteiger partial charge is 0.311 e. The molecule has 4 nitrogen and oxygen atoms in total. The van der Waals surface area contributed by atoms with Crippen LogP contribution in [0.1, 0.15) is 147 Å². The number of hydrogen-bond donors (Lipinski definition) is 0. The first kappa shape index (κ1) is 53.5. The highest BCUT2D eigenvalue weighted by atomic mass is 15.2. The summed E-state index contributed by atoms with van der Waals surface area (Å²) in [6.07, 6.45) is 2.31. The van der Waals surface area contributed by atoms with Gasteiger partial charge >= 0.3 is 0 Å². The van der Waals surface area contributed by atoms with Crippen LogP contribution in [0.2, 0.25) is 0 Å². The SMILES string of the molecule is Cc1cc2c3c(c1)N(c1c(C)cc(C(C)(C)C)cc1C)c1cc(C(C)(C)C)ccc1B3c1ccc(N(c3ccc(C(C)(C)C)cc3)c3ccc4c5ccccc5n(-c5ccccc5)c4c3)cc1N2c1ccc2c(c1)C(C)(C)CCC2(C)C. The molecule has 3 aliphatic rings. The van der Waals surface area contributed by atoms with E-state index in [0.29, 0.717) is 0 Å². The number of aromatic nitrogens is 1. The van der Waals surface area contributed by atoms with Crippen molar-refractivity contribution in [3.8, 4) is 5.69 Å². The summed E-state index contributed by atoms with van der Waals surface area (Å²) in [5.41, 5.74) is 29.1. The van der Waals surface area contributed by atoms with Crippen molar-refractivity contribution >= 4 is 96.1 Å². The molecule has 13 rings (SSSR count). The van der Waals surface area contributed by atoms with Gasteiger partial charge in [-0.2, -0.15) is 0 Å². The van der Waals surface area contributed by atoms with Crippen LogP contribution in [-0.2, 0) is 27.1 Å². The highest BCUT2D eigenvalue weighted by Gasteiger charge is 2.46. The molecule has 0 fully saturated rings. The van der Waals surface area contributed by atoms with Crippen LogP contribution in [-0.4, -0.2) is 11.3 Å². The fraction of sp³-hybridized carbons (Fsp3) is 0.299. The van der Waals surface area contributed by atoms with Crippen molar-refractivity contribution in [2.45, 2.75) is 151 Å². The lowest BCUT2D eigenvalue weighted by atomic mass is 9.33. The van der Waals surface area contributed by atoms with Crippen molar-refractivity contribution in [2.75, 3.05) is 14.7 Å². The number of anilines is 9. The van der Waals surface area contributed by atoms with Crippen LogP contribution in [0.5, 0.6) is 0 Å². The molecule has 0 radical (unpaired) electrons. The minimum absolute atomic E-state index is 0.00102. The standard InChI is InChI=1S/C77H81BN4/c1-48-40-69-71-70(41-48)82(72-49(2)42-53(43-50(72)3)75(10,11)12)67-44-52(74(7,8)9)28-36-63(67)78(71)64-37-33-58(47-68(64)81(69)56-32-35-61-62(45-56)77(15,16)39-38-76(61,13)14)79(55-29-26-51(27-30-55)73(4,5)6)57-31-34-60-59-24-20-21-25-65(59)80(66(60)46-57)54-22-18-17-19-23-54/h17-37,40-47H,38-39H2,1-16H3. The minimum Gasteiger partial charge on any atom is -0.311 e. The Balaban J connectivity index is 1.10. The summed E-state index contributed by atoms with van der Waals surface area (Å²) in [7, 11) is 0. The topological polar surface area (TPSA) is 14.7 Å². The number of aryl methyl sites for hydroxylation is 3. The van der Waals surface area contributed by atoms with Crippen LogP contribution < -0.4 is 31.1 Å². The average Bonchev–Trinajstić information content (AvgIpc) is 3.22. The molecule has 412 valence electrons. The molecule has 5 heteroatoms. The van der Waals surface area contributed by atoms with Gasteiger partial charge in [-0.3, -0.25) is 0 Å². The van der Waals surface area contributed by atoms with Gasteiger partial charge in [-0.1, -0.05) is 181 Å². The van der Waals surface area contributed by atoms with Gasteiger partial charge < -0.3 is 19.3 Å². The molecule has 0 atom stereocenters. The van der Waals surface area contributed by atoms with Gasteiger partial charge in [0.1, 0.15) is 0 Å². The molecule has 0 saturated carbocycles. The van der Waals surface area contributed by atoms with E-state index in [2.05, 4.69) is 306 Å². The zero-order valence-corrected chi connectivity index (χ0v) is 51.5. The van der Waals surface area contributed by atoms with Gasteiger partial charge in [-0.15, -0.1) is 0 Å². The van der Waals surface area contributed by atoms with Crippen molar-refractivity contribution in [2.24, 2.45) is 0 Å². The van der Waals surface area contributed by atoms with Gasteiger partial charge in [0.05, 0.1) is 16.7 Å². The Bertz CT molecular complexity index is 4190. The highest BCUT2D eigenvalue weighted by molar-refractivity contribution is 7.00. The van der Waals surface area contributed by atoms with Crippen molar-refractivity contribution in [3.63, 3.8) is 0 Å². The number of nitrogens with zero attached hydrogens (tertiary/aromatic N) is 4. The predicted molar refractivity (Wildman–Crippen MR) is 355 cm³/mol. The maximum atomic E-state index is 2.66.